The van der Waals surface area contributed by atoms with Gasteiger partial charge in [0.1, 0.15) is 0 Å². The summed E-state index contributed by atoms with van der Waals surface area (Å²) in [6, 6.07) is 7.62. The van der Waals surface area contributed by atoms with Gasteiger partial charge in [-0.1, -0.05) is 19.1 Å². The van der Waals surface area contributed by atoms with Gasteiger partial charge in [-0.15, -0.1) is 0 Å². The van der Waals surface area contributed by atoms with Gasteiger partial charge in [-0.2, -0.15) is 0 Å². The van der Waals surface area contributed by atoms with Crippen molar-refractivity contribution >= 4 is 17.6 Å². The number of rotatable bonds is 4. The molecule has 4 atom stereocenters. The second kappa shape index (κ2) is 5.48. The van der Waals surface area contributed by atoms with Gasteiger partial charge in [0.25, 0.3) is 0 Å². The number of carboxylic acid groups (broad SMARTS) is 1. The lowest BCUT2D eigenvalue weighted by Crippen LogP contribution is -2.40. The summed E-state index contributed by atoms with van der Waals surface area (Å²) in [7, 11) is 0. The lowest BCUT2D eigenvalue weighted by atomic mass is 9.78. The molecule has 21 heavy (non-hydrogen) atoms. The molecule has 1 amide bonds. The summed E-state index contributed by atoms with van der Waals surface area (Å²) < 4.78 is 5.61. The summed E-state index contributed by atoms with van der Waals surface area (Å²) in [6.07, 6.45) is 1.87. The Bertz CT molecular complexity index is 554. The summed E-state index contributed by atoms with van der Waals surface area (Å²) in [4.78, 5) is 23.8. The molecule has 0 saturated carbocycles. The van der Waals surface area contributed by atoms with Gasteiger partial charge in [0, 0.05) is 5.69 Å². The van der Waals surface area contributed by atoms with Crippen molar-refractivity contribution in [2.45, 2.75) is 38.4 Å². The van der Waals surface area contributed by atoms with Crippen molar-refractivity contribution < 1.29 is 19.4 Å². The fraction of sp³-hybridized carbons (Fsp3) is 0.500. The van der Waals surface area contributed by atoms with E-state index >= 15 is 0 Å². The third kappa shape index (κ3) is 2.53. The van der Waals surface area contributed by atoms with Gasteiger partial charge in [0.15, 0.2) is 0 Å². The lowest BCUT2D eigenvalue weighted by molar-refractivity contribution is -0.147. The average Bonchev–Trinajstić information content (AvgIpc) is 3.08. The summed E-state index contributed by atoms with van der Waals surface area (Å²) in [6.45, 7) is 2.07. The normalized spacial score (nSPS) is 30.3. The summed E-state index contributed by atoms with van der Waals surface area (Å²) >= 11 is 0. The van der Waals surface area contributed by atoms with E-state index in [2.05, 4.69) is 12.2 Å². The molecular weight excluding hydrogens is 270 g/mol. The fourth-order valence-electron chi connectivity index (χ4n) is 3.37. The van der Waals surface area contributed by atoms with E-state index in [0.717, 1.165) is 19.3 Å². The minimum Gasteiger partial charge on any atom is -0.481 e. The maximum absolute atomic E-state index is 12.4. The number of aryl methyl sites for hydroxylation is 1. The van der Waals surface area contributed by atoms with Crippen molar-refractivity contribution in [1.82, 2.24) is 0 Å². The highest BCUT2D eigenvalue weighted by Crippen LogP contribution is 2.44. The second-order valence-electron chi connectivity index (χ2n) is 5.72. The van der Waals surface area contributed by atoms with E-state index in [9.17, 15) is 14.7 Å². The van der Waals surface area contributed by atoms with E-state index in [0.29, 0.717) is 5.69 Å². The van der Waals surface area contributed by atoms with Crippen LogP contribution in [0, 0.1) is 11.8 Å². The molecule has 5 nitrogen and oxygen atoms in total. The molecule has 1 aromatic rings. The van der Waals surface area contributed by atoms with Gasteiger partial charge in [0.2, 0.25) is 5.91 Å². The average molecular weight is 289 g/mol. The Balaban J connectivity index is 1.73. The molecule has 1 aromatic carbocycles. The number of amides is 1. The van der Waals surface area contributed by atoms with Crippen LogP contribution in [0.5, 0.6) is 0 Å². The minimum absolute atomic E-state index is 0.251. The molecule has 0 radical (unpaired) electrons. The van der Waals surface area contributed by atoms with E-state index in [4.69, 9.17) is 4.74 Å². The molecular formula is C16H19NO4. The van der Waals surface area contributed by atoms with Crippen LogP contribution in [-0.4, -0.2) is 29.2 Å². The van der Waals surface area contributed by atoms with Crippen molar-refractivity contribution in [3.8, 4) is 0 Å². The van der Waals surface area contributed by atoms with Gasteiger partial charge in [-0.05, 0) is 37.0 Å². The number of benzene rings is 1. The molecule has 0 spiro atoms. The molecule has 2 fully saturated rings. The van der Waals surface area contributed by atoms with Crippen molar-refractivity contribution in [2.24, 2.45) is 11.8 Å². The van der Waals surface area contributed by atoms with E-state index in [-0.39, 0.29) is 18.1 Å². The number of carbonyl (C=O) groups is 2. The minimum atomic E-state index is -0.941. The smallest absolute Gasteiger partial charge is 0.310 e. The number of ether oxygens (including phenoxy) is 1. The number of aliphatic carboxylic acids is 1. The van der Waals surface area contributed by atoms with Crippen molar-refractivity contribution in [1.29, 1.82) is 0 Å². The molecule has 2 heterocycles. The van der Waals surface area contributed by atoms with Crippen LogP contribution in [0.1, 0.15) is 25.3 Å². The predicted molar refractivity (Wildman–Crippen MR) is 77.0 cm³/mol. The number of hydrogen-bond donors (Lipinski definition) is 2. The second-order valence-corrected chi connectivity index (χ2v) is 5.72. The number of carbonyl (C=O) groups excluding carboxylic acids is 1. The maximum atomic E-state index is 12.4. The van der Waals surface area contributed by atoms with Crippen molar-refractivity contribution in [3.63, 3.8) is 0 Å². The Hall–Kier alpha value is -1.88. The topological polar surface area (TPSA) is 75.6 Å². The third-order valence-electron chi connectivity index (χ3n) is 4.49. The predicted octanol–water partition coefficient (Wildman–Crippen LogP) is 2.07. The molecule has 112 valence electrons. The van der Waals surface area contributed by atoms with E-state index in [1.54, 1.807) is 0 Å². The fourth-order valence-corrected chi connectivity index (χ4v) is 3.37. The van der Waals surface area contributed by atoms with E-state index < -0.39 is 17.8 Å². The molecule has 2 N–H and O–H groups in total. The first kappa shape index (κ1) is 14.1. The molecule has 2 saturated heterocycles. The number of hydrogen-bond acceptors (Lipinski definition) is 3. The summed E-state index contributed by atoms with van der Waals surface area (Å²) in [5.41, 5.74) is 1.89. The van der Waals surface area contributed by atoms with Crippen LogP contribution in [0.2, 0.25) is 0 Å². The highest BCUT2D eigenvalue weighted by molar-refractivity contribution is 5.96. The Morgan fingerprint density at radius 3 is 2.38 bits per heavy atom. The van der Waals surface area contributed by atoms with Crippen molar-refractivity contribution in [2.75, 3.05) is 5.32 Å². The molecule has 0 aliphatic carbocycles. The molecule has 5 heteroatoms. The zero-order valence-electron chi connectivity index (χ0n) is 11.9. The molecule has 2 bridgehead atoms. The largest absolute Gasteiger partial charge is 0.481 e. The number of anilines is 1. The van der Waals surface area contributed by atoms with Crippen LogP contribution < -0.4 is 5.32 Å². The van der Waals surface area contributed by atoms with Gasteiger partial charge < -0.3 is 15.2 Å². The molecule has 2 aliphatic heterocycles. The monoisotopic (exact) mass is 289 g/mol. The van der Waals surface area contributed by atoms with Crippen LogP contribution in [-0.2, 0) is 20.7 Å². The van der Waals surface area contributed by atoms with Crippen LogP contribution in [0.15, 0.2) is 24.3 Å². The zero-order valence-corrected chi connectivity index (χ0v) is 11.9. The molecule has 0 aromatic heterocycles. The Kier molecular flexibility index (Phi) is 3.68. The summed E-state index contributed by atoms with van der Waals surface area (Å²) in [5, 5.41) is 12.2. The first-order chi connectivity index (χ1) is 10.1. The highest BCUT2D eigenvalue weighted by atomic mass is 16.5. The lowest BCUT2D eigenvalue weighted by Gasteiger charge is -2.23. The van der Waals surface area contributed by atoms with Gasteiger partial charge in [-0.25, -0.2) is 0 Å². The van der Waals surface area contributed by atoms with Crippen LogP contribution in [0.25, 0.3) is 0 Å². The number of carboxylic acids is 1. The Morgan fingerprint density at radius 1 is 1.19 bits per heavy atom. The molecule has 2 aliphatic rings. The van der Waals surface area contributed by atoms with Gasteiger partial charge in [0.05, 0.1) is 24.0 Å². The van der Waals surface area contributed by atoms with Crippen LogP contribution in [0.3, 0.4) is 0 Å². The van der Waals surface area contributed by atoms with Crippen LogP contribution in [0.4, 0.5) is 5.69 Å². The van der Waals surface area contributed by atoms with Gasteiger partial charge >= 0.3 is 5.97 Å². The SMILES string of the molecule is CCc1ccc(NC(=O)[C@@H]2[C@@H](C(=O)O)[C@H]3CC[C@H]2O3)cc1. The standard InChI is InChI=1S/C16H19NO4/c1-2-9-3-5-10(6-4-9)17-15(18)13-11-7-8-12(21-11)14(13)16(19)20/h3-6,11-14H,2,7-8H2,1H3,(H,17,18)(H,19,20)/t11-,12-,13+,14+/m1/s1. The first-order valence-corrected chi connectivity index (χ1v) is 7.38. The van der Waals surface area contributed by atoms with E-state index in [1.165, 1.54) is 5.56 Å². The molecule has 3 rings (SSSR count). The van der Waals surface area contributed by atoms with Gasteiger partial charge in [-0.3, -0.25) is 9.59 Å². The summed E-state index contributed by atoms with van der Waals surface area (Å²) in [5.74, 6) is -2.51. The van der Waals surface area contributed by atoms with Crippen molar-refractivity contribution in [3.05, 3.63) is 29.8 Å². The highest BCUT2D eigenvalue weighted by Gasteiger charge is 2.55. The molecule has 0 unspecified atom stereocenters. The Labute approximate surface area is 123 Å². The number of fused-ring (bicyclic) bond motifs is 2. The third-order valence-corrected chi connectivity index (χ3v) is 4.49. The van der Waals surface area contributed by atoms with Crippen LogP contribution >= 0.6 is 0 Å². The maximum Gasteiger partial charge on any atom is 0.310 e. The quantitative estimate of drug-likeness (QED) is 0.889. The Morgan fingerprint density at radius 2 is 1.81 bits per heavy atom. The number of nitrogens with one attached hydrogen (secondary N) is 1. The zero-order chi connectivity index (χ0) is 15.0. The first-order valence-electron chi connectivity index (χ1n) is 7.38. The van der Waals surface area contributed by atoms with E-state index in [1.807, 2.05) is 24.3 Å².